The van der Waals surface area contributed by atoms with Gasteiger partial charge in [-0.1, -0.05) is 90.4 Å². The Morgan fingerprint density at radius 2 is 1.55 bits per heavy atom. The van der Waals surface area contributed by atoms with Crippen LogP contribution in [0.2, 0.25) is 0 Å². The Kier molecular flexibility index (Phi) is 14.3. The van der Waals surface area contributed by atoms with E-state index in [2.05, 4.69) is 21.9 Å². The summed E-state index contributed by atoms with van der Waals surface area (Å²) in [4.78, 5) is 22.7. The first-order valence-electron chi connectivity index (χ1n) is 15.0. The molecule has 0 saturated carbocycles. The molecule has 2 aromatic rings. The van der Waals surface area contributed by atoms with Crippen molar-refractivity contribution in [2.24, 2.45) is 0 Å². The van der Waals surface area contributed by atoms with Gasteiger partial charge in [0.1, 0.15) is 30.2 Å². The molecule has 228 valence electrons. The molecular formula is C28H50N5O6P. The van der Waals surface area contributed by atoms with Gasteiger partial charge in [-0.15, -0.1) is 0 Å². The minimum absolute atomic E-state index is 0.170. The molecule has 0 radical (unpaired) electrons. The molecule has 5 atom stereocenters. The molecule has 1 fully saturated rings. The molecule has 12 heteroatoms. The second-order valence-electron chi connectivity index (χ2n) is 10.9. The highest BCUT2D eigenvalue weighted by atomic mass is 31.2. The van der Waals surface area contributed by atoms with E-state index in [4.69, 9.17) is 24.5 Å². The summed E-state index contributed by atoms with van der Waals surface area (Å²) in [6.45, 7) is 4.07. The van der Waals surface area contributed by atoms with Crippen molar-refractivity contribution >= 4 is 24.6 Å². The summed E-state index contributed by atoms with van der Waals surface area (Å²) >= 11 is 0. The Bertz CT molecular complexity index is 1030. The smallest absolute Gasteiger partial charge is 0.325 e. The van der Waals surface area contributed by atoms with Gasteiger partial charge in [0.25, 0.3) is 0 Å². The van der Waals surface area contributed by atoms with Gasteiger partial charge in [0.05, 0.1) is 12.9 Å². The number of anilines is 1. The fraction of sp³-hybridized carbons (Fsp3) is 0.821. The number of aromatic nitrogens is 4. The van der Waals surface area contributed by atoms with Crippen molar-refractivity contribution in [1.82, 2.24) is 19.5 Å². The van der Waals surface area contributed by atoms with Crippen LogP contribution in [0.1, 0.15) is 103 Å². The normalized spacial score (nSPS) is 22.7. The number of hydrogen-bond acceptors (Lipinski definition) is 9. The maximum atomic E-state index is 12.3. The third-order valence-corrected chi connectivity index (χ3v) is 8.04. The van der Waals surface area contributed by atoms with Crippen molar-refractivity contribution in [3.8, 4) is 0 Å². The molecule has 1 aliphatic rings. The van der Waals surface area contributed by atoms with Crippen LogP contribution in [0, 0.1) is 0 Å². The topological polar surface area (TPSA) is 144 Å². The lowest BCUT2D eigenvalue weighted by atomic mass is 10.0. The van der Waals surface area contributed by atoms with Gasteiger partial charge < -0.3 is 24.8 Å². The van der Waals surface area contributed by atoms with E-state index in [1.54, 1.807) is 18.0 Å². The lowest BCUT2D eigenvalue weighted by Crippen LogP contribution is -2.38. The number of nitrogen functional groups attached to an aromatic ring is 1. The van der Waals surface area contributed by atoms with Crippen LogP contribution in [0.15, 0.2) is 12.7 Å². The molecule has 1 saturated heterocycles. The fourth-order valence-corrected chi connectivity index (χ4v) is 6.04. The van der Waals surface area contributed by atoms with E-state index >= 15 is 0 Å². The van der Waals surface area contributed by atoms with Crippen LogP contribution in [0.25, 0.3) is 11.2 Å². The number of fused-ring (bicyclic) bond motifs is 1. The van der Waals surface area contributed by atoms with Crippen LogP contribution >= 0.6 is 7.60 Å². The predicted molar refractivity (Wildman–Crippen MR) is 156 cm³/mol. The predicted octanol–water partition coefficient (Wildman–Crippen LogP) is 6.02. The maximum Gasteiger partial charge on any atom is 0.325 e. The number of rotatable bonds is 21. The Balaban J connectivity index is 1.47. The number of hydrogen-bond donors (Lipinski definition) is 2. The first-order chi connectivity index (χ1) is 19.4. The van der Waals surface area contributed by atoms with Gasteiger partial charge in [0, 0.05) is 20.4 Å². The zero-order valence-corrected chi connectivity index (χ0v) is 25.5. The minimum Gasteiger partial charge on any atom is -0.382 e. The molecule has 3 N–H and O–H groups in total. The van der Waals surface area contributed by atoms with Crippen LogP contribution < -0.4 is 5.73 Å². The second-order valence-corrected chi connectivity index (χ2v) is 12.7. The highest BCUT2D eigenvalue weighted by molar-refractivity contribution is 7.51. The summed E-state index contributed by atoms with van der Waals surface area (Å²) in [6, 6.07) is 0. The minimum atomic E-state index is -3.83. The van der Waals surface area contributed by atoms with E-state index in [0.29, 0.717) is 17.8 Å². The number of methoxy groups -OCH3 is 1. The van der Waals surface area contributed by atoms with E-state index in [-0.39, 0.29) is 12.4 Å². The first-order valence-corrected chi connectivity index (χ1v) is 17.1. The Hall–Kier alpha value is -1.62. The lowest BCUT2D eigenvalue weighted by Gasteiger charge is -2.26. The first kappa shape index (κ1) is 32.9. The van der Waals surface area contributed by atoms with Gasteiger partial charge in [-0.3, -0.25) is 13.7 Å². The monoisotopic (exact) mass is 583 g/mol. The molecule has 0 aromatic carbocycles. The van der Waals surface area contributed by atoms with Crippen molar-refractivity contribution in [1.29, 1.82) is 0 Å². The van der Waals surface area contributed by atoms with Crippen LogP contribution in [0.3, 0.4) is 0 Å². The van der Waals surface area contributed by atoms with Crippen LogP contribution in [-0.4, -0.2) is 69.7 Å². The summed E-state index contributed by atoms with van der Waals surface area (Å²) in [5.41, 5.74) is 6.91. The molecular weight excluding hydrogens is 533 g/mol. The largest absolute Gasteiger partial charge is 0.382 e. The van der Waals surface area contributed by atoms with Crippen molar-refractivity contribution in [2.75, 3.05) is 32.7 Å². The van der Waals surface area contributed by atoms with Crippen molar-refractivity contribution in [3.63, 3.8) is 0 Å². The van der Waals surface area contributed by atoms with Crippen molar-refractivity contribution in [3.05, 3.63) is 12.7 Å². The Labute approximate surface area is 239 Å². The number of imidazole rings is 1. The number of ether oxygens (including phenoxy) is 3. The number of unbranched alkanes of at least 4 members (excludes halogenated alkanes) is 13. The van der Waals surface area contributed by atoms with Gasteiger partial charge in [-0.2, -0.15) is 0 Å². The van der Waals surface area contributed by atoms with E-state index < -0.39 is 32.1 Å². The quantitative estimate of drug-likeness (QED) is 0.132. The highest BCUT2D eigenvalue weighted by Crippen LogP contribution is 2.45. The standard InChI is InChI=1S/C28H50N5O6P/c1-4-5-6-7-8-9-10-11-12-13-14-15-16-17-18-37-25-24(39-40(3,34)35)22(19-36-2)38-28(25)33-21-32-23-26(29)30-20-31-27(23)33/h20-22,24-25,28H,4-19H2,1-3H3,(H,34,35)(H2,29,30,31). The Morgan fingerprint density at radius 1 is 0.950 bits per heavy atom. The van der Waals surface area contributed by atoms with E-state index in [0.717, 1.165) is 19.5 Å². The van der Waals surface area contributed by atoms with Crippen LogP contribution in [0.5, 0.6) is 0 Å². The van der Waals surface area contributed by atoms with Gasteiger partial charge in [-0.05, 0) is 6.42 Å². The summed E-state index contributed by atoms with van der Waals surface area (Å²) in [5, 5.41) is 0. The van der Waals surface area contributed by atoms with Gasteiger partial charge >= 0.3 is 7.60 Å². The summed E-state index contributed by atoms with van der Waals surface area (Å²) < 4.78 is 37.4. The van der Waals surface area contributed by atoms with Gasteiger partial charge in [-0.25, -0.2) is 15.0 Å². The van der Waals surface area contributed by atoms with Crippen molar-refractivity contribution < 1.29 is 28.2 Å². The zero-order valence-electron chi connectivity index (χ0n) is 24.6. The molecule has 5 unspecified atom stereocenters. The second kappa shape index (κ2) is 17.4. The van der Waals surface area contributed by atoms with Gasteiger partial charge in [0.2, 0.25) is 0 Å². The number of nitrogens with zero attached hydrogens (tertiary/aromatic N) is 4. The SMILES string of the molecule is CCCCCCCCCCCCCCCCOC1C(OP(C)(=O)O)C(COC)OC1n1cnc2c(N)ncnc21. The average Bonchev–Trinajstić information content (AvgIpc) is 3.48. The van der Waals surface area contributed by atoms with E-state index in [1.807, 2.05) is 0 Å². The molecule has 3 rings (SSSR count). The maximum absolute atomic E-state index is 12.3. The van der Waals surface area contributed by atoms with E-state index in [1.165, 1.54) is 83.4 Å². The molecule has 1 aliphatic heterocycles. The lowest BCUT2D eigenvalue weighted by molar-refractivity contribution is -0.0729. The Morgan fingerprint density at radius 3 is 2.12 bits per heavy atom. The summed E-state index contributed by atoms with van der Waals surface area (Å²) in [7, 11) is -2.29. The third kappa shape index (κ3) is 10.3. The molecule has 0 amide bonds. The van der Waals surface area contributed by atoms with Crippen LogP contribution in [-0.2, 0) is 23.3 Å². The van der Waals surface area contributed by atoms with Gasteiger partial charge in [0.15, 0.2) is 17.7 Å². The highest BCUT2D eigenvalue weighted by Gasteiger charge is 2.49. The van der Waals surface area contributed by atoms with Crippen LogP contribution in [0.4, 0.5) is 5.82 Å². The molecule has 2 aromatic heterocycles. The molecule has 0 spiro atoms. The molecule has 3 heterocycles. The molecule has 40 heavy (non-hydrogen) atoms. The number of nitrogens with two attached hydrogens (primary N) is 1. The molecule has 0 bridgehead atoms. The van der Waals surface area contributed by atoms with E-state index in [9.17, 15) is 9.46 Å². The van der Waals surface area contributed by atoms with Crippen molar-refractivity contribution in [2.45, 2.75) is 121 Å². The molecule has 11 nitrogen and oxygen atoms in total. The fourth-order valence-electron chi connectivity index (χ4n) is 5.33. The summed E-state index contributed by atoms with van der Waals surface area (Å²) in [5.74, 6) is 0.260. The summed E-state index contributed by atoms with van der Waals surface area (Å²) in [6.07, 6.45) is 18.0. The average molecular weight is 584 g/mol. The molecule has 0 aliphatic carbocycles. The third-order valence-electron chi connectivity index (χ3n) is 7.40. The zero-order chi connectivity index (χ0) is 28.8.